The van der Waals surface area contributed by atoms with Crippen LogP contribution in [-0.2, 0) is 4.79 Å². The van der Waals surface area contributed by atoms with Crippen molar-refractivity contribution in [3.05, 3.63) is 12.7 Å². The quantitative estimate of drug-likeness (QED) is 0.684. The molecule has 3 nitrogen and oxygen atoms in total. The minimum absolute atomic E-state index is 0.206. The number of likely N-dealkylation sites (N-methyl/N-ethyl adjacent to an activating group) is 1. The predicted octanol–water partition coefficient (Wildman–Crippen LogP) is 1.16. The van der Waals surface area contributed by atoms with Crippen LogP contribution >= 0.6 is 0 Å². The molecule has 0 radical (unpaired) electrons. The number of carbonyl (C=O) groups excluding carboxylic acids is 1. The number of nitrogens with one attached hydrogen (secondary N) is 1. The molecule has 1 saturated heterocycles. The van der Waals surface area contributed by atoms with Crippen molar-refractivity contribution in [2.75, 3.05) is 20.1 Å². The van der Waals surface area contributed by atoms with Crippen molar-refractivity contribution in [2.24, 2.45) is 0 Å². The van der Waals surface area contributed by atoms with Gasteiger partial charge >= 0.3 is 0 Å². The average molecular weight is 196 g/mol. The number of hydrogen-bond donors (Lipinski definition) is 1. The van der Waals surface area contributed by atoms with Gasteiger partial charge in [-0.05, 0) is 25.8 Å². The van der Waals surface area contributed by atoms with E-state index in [0.29, 0.717) is 6.54 Å². The van der Waals surface area contributed by atoms with E-state index in [1.54, 1.807) is 11.0 Å². The molecule has 1 aliphatic rings. The highest BCUT2D eigenvalue weighted by atomic mass is 16.2. The lowest BCUT2D eigenvalue weighted by Crippen LogP contribution is -2.53. The second kappa shape index (κ2) is 4.60. The van der Waals surface area contributed by atoms with Gasteiger partial charge in [0, 0.05) is 13.6 Å². The molecule has 1 unspecified atom stereocenters. The number of nitrogens with zero attached hydrogens (tertiary/aromatic N) is 1. The van der Waals surface area contributed by atoms with E-state index in [0.717, 1.165) is 25.8 Å². The zero-order valence-corrected chi connectivity index (χ0v) is 9.18. The van der Waals surface area contributed by atoms with E-state index in [-0.39, 0.29) is 11.4 Å². The topological polar surface area (TPSA) is 32.3 Å². The molecule has 1 fully saturated rings. The summed E-state index contributed by atoms with van der Waals surface area (Å²) < 4.78 is 0. The molecule has 80 valence electrons. The van der Waals surface area contributed by atoms with Crippen LogP contribution < -0.4 is 5.32 Å². The van der Waals surface area contributed by atoms with Gasteiger partial charge in [-0.3, -0.25) is 4.79 Å². The third kappa shape index (κ3) is 1.98. The first-order valence-corrected chi connectivity index (χ1v) is 5.28. The fraction of sp³-hybridized carbons (Fsp3) is 0.727. The third-order valence-corrected chi connectivity index (χ3v) is 3.01. The first-order valence-electron chi connectivity index (χ1n) is 5.28. The van der Waals surface area contributed by atoms with Crippen molar-refractivity contribution in [3.63, 3.8) is 0 Å². The van der Waals surface area contributed by atoms with Gasteiger partial charge in [0.15, 0.2) is 0 Å². The molecule has 1 amide bonds. The van der Waals surface area contributed by atoms with Gasteiger partial charge in [-0.25, -0.2) is 0 Å². The van der Waals surface area contributed by atoms with Crippen molar-refractivity contribution < 1.29 is 4.79 Å². The Kier molecular flexibility index (Phi) is 3.69. The average Bonchev–Trinajstić information content (AvgIpc) is 2.66. The number of amides is 1. The highest BCUT2D eigenvalue weighted by Gasteiger charge is 2.40. The first kappa shape index (κ1) is 11.2. The van der Waals surface area contributed by atoms with Gasteiger partial charge in [-0.2, -0.15) is 0 Å². The van der Waals surface area contributed by atoms with Gasteiger partial charge in [0.1, 0.15) is 0 Å². The smallest absolute Gasteiger partial charge is 0.242 e. The Hall–Kier alpha value is -0.830. The van der Waals surface area contributed by atoms with Gasteiger partial charge in [-0.15, -0.1) is 6.58 Å². The van der Waals surface area contributed by atoms with E-state index in [9.17, 15) is 4.79 Å². The van der Waals surface area contributed by atoms with Crippen LogP contribution in [0.4, 0.5) is 0 Å². The van der Waals surface area contributed by atoms with Crippen LogP contribution in [0.1, 0.15) is 26.2 Å². The summed E-state index contributed by atoms with van der Waals surface area (Å²) >= 11 is 0. The summed E-state index contributed by atoms with van der Waals surface area (Å²) in [5.74, 6) is 0.206. The van der Waals surface area contributed by atoms with Crippen LogP contribution in [0.15, 0.2) is 12.7 Å². The summed E-state index contributed by atoms with van der Waals surface area (Å²) in [7, 11) is 1.83. The van der Waals surface area contributed by atoms with Crippen molar-refractivity contribution in [1.82, 2.24) is 10.2 Å². The lowest BCUT2D eigenvalue weighted by Gasteiger charge is -2.31. The highest BCUT2D eigenvalue weighted by Crippen LogP contribution is 2.24. The molecule has 0 aromatic heterocycles. The van der Waals surface area contributed by atoms with Crippen LogP contribution in [0.5, 0.6) is 0 Å². The number of carbonyl (C=O) groups is 1. The molecule has 0 aromatic carbocycles. The van der Waals surface area contributed by atoms with Gasteiger partial charge < -0.3 is 10.2 Å². The lowest BCUT2D eigenvalue weighted by molar-refractivity contribution is -0.136. The summed E-state index contributed by atoms with van der Waals surface area (Å²) in [5.41, 5.74) is -0.294. The third-order valence-electron chi connectivity index (χ3n) is 3.01. The molecule has 1 atom stereocenters. The number of rotatable bonds is 4. The van der Waals surface area contributed by atoms with E-state index < -0.39 is 0 Å². The van der Waals surface area contributed by atoms with Crippen LogP contribution in [-0.4, -0.2) is 36.5 Å². The maximum absolute atomic E-state index is 12.1. The molecule has 0 bridgehead atoms. The largest absolute Gasteiger partial charge is 0.340 e. The van der Waals surface area contributed by atoms with E-state index in [4.69, 9.17) is 0 Å². The van der Waals surface area contributed by atoms with Crippen molar-refractivity contribution in [3.8, 4) is 0 Å². The zero-order chi connectivity index (χ0) is 10.6. The molecule has 1 aliphatic heterocycles. The maximum Gasteiger partial charge on any atom is 0.242 e. The summed E-state index contributed by atoms with van der Waals surface area (Å²) in [6.45, 7) is 7.30. The lowest BCUT2D eigenvalue weighted by atomic mass is 9.92. The highest BCUT2D eigenvalue weighted by molar-refractivity contribution is 5.86. The van der Waals surface area contributed by atoms with Crippen LogP contribution in [0.25, 0.3) is 0 Å². The molecule has 14 heavy (non-hydrogen) atoms. The second-order valence-corrected chi connectivity index (χ2v) is 3.94. The van der Waals surface area contributed by atoms with Gasteiger partial charge in [-0.1, -0.05) is 13.0 Å². The molecule has 1 heterocycles. The molecule has 0 saturated carbocycles. The number of hydrogen-bond acceptors (Lipinski definition) is 2. The Morgan fingerprint density at radius 3 is 2.86 bits per heavy atom. The second-order valence-electron chi connectivity index (χ2n) is 3.94. The Labute approximate surface area is 86.2 Å². The fourth-order valence-corrected chi connectivity index (χ4v) is 2.08. The fourth-order valence-electron chi connectivity index (χ4n) is 2.08. The minimum atomic E-state index is -0.294. The SMILES string of the molecule is C=CCN(C)C(=O)C1(CC)CCCN1. The first-order chi connectivity index (χ1) is 6.66. The van der Waals surface area contributed by atoms with Crippen molar-refractivity contribution in [2.45, 2.75) is 31.7 Å². The molecule has 3 heteroatoms. The Bertz CT molecular complexity index is 219. The predicted molar refractivity (Wildman–Crippen MR) is 58.1 cm³/mol. The summed E-state index contributed by atoms with van der Waals surface area (Å²) in [5, 5.41) is 3.33. The van der Waals surface area contributed by atoms with E-state index in [2.05, 4.69) is 18.8 Å². The van der Waals surface area contributed by atoms with Crippen molar-refractivity contribution in [1.29, 1.82) is 0 Å². The van der Waals surface area contributed by atoms with Gasteiger partial charge in [0.05, 0.1) is 5.54 Å². The summed E-state index contributed by atoms with van der Waals surface area (Å²) in [6, 6.07) is 0. The Balaban J connectivity index is 2.68. The molecule has 1 N–H and O–H groups in total. The molecule has 0 aliphatic carbocycles. The van der Waals surface area contributed by atoms with E-state index in [1.807, 2.05) is 7.05 Å². The van der Waals surface area contributed by atoms with E-state index in [1.165, 1.54) is 0 Å². The zero-order valence-electron chi connectivity index (χ0n) is 9.18. The molecular weight excluding hydrogens is 176 g/mol. The normalized spacial score (nSPS) is 26.1. The summed E-state index contributed by atoms with van der Waals surface area (Å²) in [4.78, 5) is 13.8. The van der Waals surface area contributed by atoms with Crippen LogP contribution in [0, 0.1) is 0 Å². The molecule has 1 rings (SSSR count). The maximum atomic E-state index is 12.1. The van der Waals surface area contributed by atoms with Gasteiger partial charge in [0.2, 0.25) is 5.91 Å². The monoisotopic (exact) mass is 196 g/mol. The van der Waals surface area contributed by atoms with Crippen LogP contribution in [0.3, 0.4) is 0 Å². The summed E-state index contributed by atoms with van der Waals surface area (Å²) in [6.07, 6.45) is 4.69. The molecule has 0 aromatic rings. The van der Waals surface area contributed by atoms with Crippen LogP contribution in [0.2, 0.25) is 0 Å². The Morgan fingerprint density at radius 2 is 2.43 bits per heavy atom. The Morgan fingerprint density at radius 1 is 1.71 bits per heavy atom. The minimum Gasteiger partial charge on any atom is -0.340 e. The van der Waals surface area contributed by atoms with E-state index >= 15 is 0 Å². The van der Waals surface area contributed by atoms with Crippen molar-refractivity contribution >= 4 is 5.91 Å². The van der Waals surface area contributed by atoms with Gasteiger partial charge in [0.25, 0.3) is 0 Å². The molecular formula is C11H20N2O. The molecule has 0 spiro atoms. The standard InChI is InChI=1S/C11H20N2O/c1-4-9-13(3)10(14)11(5-2)7-6-8-12-11/h4,12H,1,5-9H2,2-3H3.